The average Bonchev–Trinajstić information content (AvgIpc) is 2.80. The number of hydrogen-bond donors (Lipinski definition) is 1. The van der Waals surface area contributed by atoms with Crippen LogP contribution in [-0.4, -0.2) is 32.1 Å². The number of ketones is 1. The second kappa shape index (κ2) is 16.7. The van der Waals surface area contributed by atoms with Gasteiger partial charge in [-0.15, -0.1) is 0 Å². The number of methoxy groups -OCH3 is 1. The van der Waals surface area contributed by atoms with Gasteiger partial charge in [0.05, 0.1) is 17.8 Å². The Morgan fingerprint density at radius 3 is 2.14 bits per heavy atom. The quantitative estimate of drug-likeness (QED) is 0.130. The summed E-state index contributed by atoms with van der Waals surface area (Å²) < 4.78 is 30.2. The molecule has 0 atom stereocenters. The average molecular weight is 549 g/mol. The van der Waals surface area contributed by atoms with E-state index in [4.69, 9.17) is 16.3 Å². The number of aryl methyl sites for hydroxylation is 2. The van der Waals surface area contributed by atoms with Crippen LogP contribution < -0.4 is 15.4 Å². The summed E-state index contributed by atoms with van der Waals surface area (Å²) in [5, 5.41) is 4.53. The topological polar surface area (TPSA) is 67.8 Å². The fourth-order valence-electron chi connectivity index (χ4n) is 2.82. The van der Waals surface area contributed by atoms with Crippen LogP contribution in [0, 0.1) is 19.7 Å². The van der Waals surface area contributed by atoms with E-state index in [1.807, 2.05) is 38.1 Å². The molecule has 0 radical (unpaired) electrons. The minimum Gasteiger partial charge on any atom is -0.494 e. The third kappa shape index (κ3) is 13.8. The molecule has 0 aliphatic heterocycles. The van der Waals surface area contributed by atoms with Crippen molar-refractivity contribution in [1.82, 2.24) is 0 Å². The molecule has 0 spiro atoms. The Balaban J connectivity index is 0.000000634. The third-order valence-corrected chi connectivity index (χ3v) is 6.75. The van der Waals surface area contributed by atoms with Crippen LogP contribution in [-0.2, 0) is 9.36 Å². The van der Waals surface area contributed by atoms with Crippen LogP contribution in [0.3, 0.4) is 0 Å². The van der Waals surface area contributed by atoms with Crippen molar-refractivity contribution >= 4 is 41.4 Å². The van der Waals surface area contributed by atoms with E-state index in [9.17, 15) is 13.8 Å². The van der Waals surface area contributed by atoms with Crippen molar-refractivity contribution in [1.29, 1.82) is 0 Å². The first-order chi connectivity index (χ1) is 17.1. The maximum atomic E-state index is 13.5. The van der Waals surface area contributed by atoms with Gasteiger partial charge in [0.15, 0.2) is 5.78 Å². The molecule has 0 amide bonds. The second-order valence-corrected chi connectivity index (χ2v) is 12.2. The Morgan fingerprint density at radius 1 is 1.14 bits per heavy atom. The molecule has 2 aromatic carbocycles. The highest BCUT2D eigenvalue weighted by Gasteiger charge is 2.12. The standard InChI is InChI=1S/C15H18ClFN2O.C9H13OP.C5H8O/c1-9(2)12(16)8-18-11(4)19-14-6-10(3)13(17)7-15(14)20-5;1-8-6-4-5-7-9(8)11(2,3)10;1-3-4-5(2)6/h6-8H,1H2,2-5H3,(H,18,19);4-7H,1-3H3;3-4H,1-2H3/b12-8+;;4-3+. The SMILES string of the molecule is C/C=C/C(C)=O.C=C(C)/C(Cl)=C\N=C(C)Nc1cc(C)c(F)cc1OC.Cc1ccccc1P(C)(C)=O. The van der Waals surface area contributed by atoms with Crippen LogP contribution in [0.2, 0.25) is 0 Å². The lowest BCUT2D eigenvalue weighted by Crippen LogP contribution is -2.08. The van der Waals surface area contributed by atoms with E-state index in [-0.39, 0.29) is 11.6 Å². The summed E-state index contributed by atoms with van der Waals surface area (Å²) in [5.41, 5.74) is 3.03. The number of rotatable bonds is 6. The molecule has 202 valence electrons. The lowest BCUT2D eigenvalue weighted by atomic mass is 10.2. The monoisotopic (exact) mass is 548 g/mol. The van der Waals surface area contributed by atoms with Crippen molar-refractivity contribution < 1.29 is 18.5 Å². The van der Waals surface area contributed by atoms with Crippen LogP contribution >= 0.6 is 18.7 Å². The Morgan fingerprint density at radius 2 is 1.73 bits per heavy atom. The molecule has 0 saturated carbocycles. The molecular weight excluding hydrogens is 510 g/mol. The van der Waals surface area contributed by atoms with Gasteiger partial charge in [0.2, 0.25) is 0 Å². The molecular formula is C29H39ClFN2O3P. The summed E-state index contributed by atoms with van der Waals surface area (Å²) in [6, 6.07) is 10.8. The number of nitrogens with zero attached hydrogens (tertiary/aromatic N) is 1. The van der Waals surface area contributed by atoms with E-state index in [2.05, 4.69) is 16.9 Å². The van der Waals surface area contributed by atoms with E-state index in [0.717, 1.165) is 16.4 Å². The zero-order valence-electron chi connectivity index (χ0n) is 23.3. The number of allylic oxidation sites excluding steroid dienone is 4. The lowest BCUT2D eigenvalue weighted by molar-refractivity contribution is -0.112. The number of ether oxygens (including phenoxy) is 1. The molecule has 1 N–H and O–H groups in total. The summed E-state index contributed by atoms with van der Waals surface area (Å²) in [4.78, 5) is 14.1. The highest BCUT2D eigenvalue weighted by molar-refractivity contribution is 7.70. The van der Waals surface area contributed by atoms with E-state index >= 15 is 0 Å². The van der Waals surface area contributed by atoms with E-state index in [0.29, 0.717) is 27.9 Å². The smallest absolute Gasteiger partial charge is 0.152 e. The van der Waals surface area contributed by atoms with Gasteiger partial charge >= 0.3 is 0 Å². The maximum Gasteiger partial charge on any atom is 0.152 e. The molecule has 37 heavy (non-hydrogen) atoms. The molecule has 2 rings (SSSR count). The van der Waals surface area contributed by atoms with Gasteiger partial charge in [-0.3, -0.25) is 4.79 Å². The number of carbonyl (C=O) groups excluding carboxylic acids is 1. The zero-order valence-corrected chi connectivity index (χ0v) is 24.9. The van der Waals surface area contributed by atoms with Gasteiger partial charge in [0.25, 0.3) is 0 Å². The highest BCUT2D eigenvalue weighted by atomic mass is 35.5. The Hall–Kier alpha value is -2.95. The molecule has 0 fully saturated rings. The molecule has 8 heteroatoms. The first-order valence-corrected chi connectivity index (χ1v) is 14.5. The normalized spacial score (nSPS) is 11.6. The van der Waals surface area contributed by atoms with Crippen molar-refractivity contribution in [3.63, 3.8) is 0 Å². The molecule has 0 bridgehead atoms. The number of halogens is 2. The largest absolute Gasteiger partial charge is 0.494 e. The van der Waals surface area contributed by atoms with Gasteiger partial charge < -0.3 is 14.6 Å². The number of amidine groups is 1. The molecule has 0 unspecified atom stereocenters. The minimum absolute atomic E-state index is 0.109. The molecule has 0 saturated heterocycles. The summed E-state index contributed by atoms with van der Waals surface area (Å²) >= 11 is 5.92. The molecule has 0 aromatic heterocycles. The van der Waals surface area contributed by atoms with Crippen LogP contribution in [0.5, 0.6) is 5.75 Å². The maximum absolute atomic E-state index is 13.5. The second-order valence-electron chi connectivity index (χ2n) is 8.65. The van der Waals surface area contributed by atoms with Crippen molar-refractivity contribution in [3.05, 3.63) is 88.9 Å². The predicted octanol–water partition coefficient (Wildman–Crippen LogP) is 8.02. The number of hydrogen-bond acceptors (Lipinski definition) is 4. The third-order valence-electron chi connectivity index (χ3n) is 4.67. The first kappa shape index (κ1) is 34.0. The summed E-state index contributed by atoms with van der Waals surface area (Å²) in [7, 11) is -0.570. The fourth-order valence-corrected chi connectivity index (χ4v) is 4.24. The van der Waals surface area contributed by atoms with Crippen molar-refractivity contribution in [3.8, 4) is 5.75 Å². The minimum atomic E-state index is -2.06. The number of anilines is 1. The van der Waals surface area contributed by atoms with Gasteiger partial charge in [0, 0.05) is 17.6 Å². The van der Waals surface area contributed by atoms with Crippen molar-refractivity contribution in [2.24, 2.45) is 4.99 Å². The number of nitrogens with one attached hydrogen (secondary N) is 1. The Kier molecular flexibility index (Phi) is 15.4. The number of carbonyl (C=O) groups is 1. The van der Waals surface area contributed by atoms with Crippen LogP contribution in [0.25, 0.3) is 0 Å². The Labute approximate surface area is 226 Å². The molecule has 0 aliphatic rings. The first-order valence-electron chi connectivity index (χ1n) is 11.6. The highest BCUT2D eigenvalue weighted by Crippen LogP contribution is 2.35. The van der Waals surface area contributed by atoms with E-state index < -0.39 is 7.14 Å². The van der Waals surface area contributed by atoms with Crippen molar-refractivity contribution in [2.75, 3.05) is 25.8 Å². The Bertz CT molecular complexity index is 1210. The van der Waals surface area contributed by atoms with E-state index in [1.54, 1.807) is 46.2 Å². The number of benzene rings is 2. The summed E-state index contributed by atoms with van der Waals surface area (Å²) in [5.74, 6) is 0.816. The van der Waals surface area contributed by atoms with E-state index in [1.165, 1.54) is 32.4 Å². The van der Waals surface area contributed by atoms with Gasteiger partial charge in [-0.1, -0.05) is 48.5 Å². The molecule has 0 heterocycles. The molecule has 0 aliphatic carbocycles. The summed E-state index contributed by atoms with van der Waals surface area (Å²) in [6.07, 6.45) is 4.76. The van der Waals surface area contributed by atoms with Gasteiger partial charge in [0.1, 0.15) is 24.5 Å². The van der Waals surface area contributed by atoms with Crippen LogP contribution in [0.1, 0.15) is 38.8 Å². The van der Waals surface area contributed by atoms with Crippen LogP contribution in [0.15, 0.2) is 76.9 Å². The number of aliphatic imine (C=N–C) groups is 1. The molecule has 5 nitrogen and oxygen atoms in total. The van der Waals surface area contributed by atoms with Gasteiger partial charge in [-0.05, 0) is 83.7 Å². The zero-order chi connectivity index (χ0) is 28.8. The lowest BCUT2D eigenvalue weighted by Gasteiger charge is -2.12. The van der Waals surface area contributed by atoms with Crippen molar-refractivity contribution in [2.45, 2.75) is 41.5 Å². The van der Waals surface area contributed by atoms with Gasteiger partial charge in [-0.2, -0.15) is 0 Å². The molecule has 2 aromatic rings. The fraction of sp³-hybridized carbons (Fsp3) is 0.310. The van der Waals surface area contributed by atoms with Crippen LogP contribution in [0.4, 0.5) is 10.1 Å². The van der Waals surface area contributed by atoms with Gasteiger partial charge in [-0.25, -0.2) is 9.38 Å². The predicted molar refractivity (Wildman–Crippen MR) is 159 cm³/mol. The summed E-state index contributed by atoms with van der Waals surface area (Å²) in [6.45, 7) is 17.9.